The molecule has 2 heterocycles. The molecule has 1 unspecified atom stereocenters. The predicted octanol–water partition coefficient (Wildman–Crippen LogP) is 0.249. The number of nitrogens with zero attached hydrogens (tertiary/aromatic N) is 3. The zero-order chi connectivity index (χ0) is 20.0. The van der Waals surface area contributed by atoms with Crippen LogP contribution in [0.1, 0.15) is 18.9 Å². The molecule has 2 fully saturated rings. The first-order valence-electron chi connectivity index (χ1n) is 9.94. The molecule has 0 saturated carbocycles. The van der Waals surface area contributed by atoms with Crippen LogP contribution in [0.4, 0.5) is 0 Å². The Labute approximate surface area is 167 Å². The van der Waals surface area contributed by atoms with Crippen molar-refractivity contribution >= 4 is 16.0 Å². The zero-order valence-electron chi connectivity index (χ0n) is 16.5. The number of likely N-dealkylation sites (tertiary alicyclic amines) is 1. The van der Waals surface area contributed by atoms with Gasteiger partial charge in [-0.15, -0.1) is 0 Å². The Bertz CT molecular complexity index is 760. The molecule has 2 saturated heterocycles. The van der Waals surface area contributed by atoms with Crippen LogP contribution in [0.5, 0.6) is 0 Å². The molecule has 0 aromatic heterocycles. The lowest BCUT2D eigenvalue weighted by Gasteiger charge is -2.32. The molecular weight excluding hydrogens is 378 g/mol. The number of hydrogen-bond acceptors (Lipinski definition) is 5. The summed E-state index contributed by atoms with van der Waals surface area (Å²) in [5.74, 6) is 0.958. The van der Waals surface area contributed by atoms with E-state index < -0.39 is 10.0 Å². The average molecular weight is 410 g/mol. The number of sulfonamides is 1. The van der Waals surface area contributed by atoms with Crippen LogP contribution in [0.25, 0.3) is 0 Å². The lowest BCUT2D eigenvalue weighted by atomic mass is 10.1. The van der Waals surface area contributed by atoms with E-state index in [1.165, 1.54) is 0 Å². The molecule has 1 aromatic rings. The first-order chi connectivity index (χ1) is 13.5. The van der Waals surface area contributed by atoms with E-state index >= 15 is 0 Å². The number of rotatable bonds is 6. The summed E-state index contributed by atoms with van der Waals surface area (Å²) in [6.45, 7) is 9.25. The maximum absolute atomic E-state index is 11.3. The molecule has 0 spiro atoms. The lowest BCUT2D eigenvalue weighted by molar-refractivity contribution is 0.0195. The zero-order valence-corrected chi connectivity index (χ0v) is 17.3. The summed E-state index contributed by atoms with van der Waals surface area (Å²) in [7, 11) is -3.64. The van der Waals surface area contributed by atoms with Crippen molar-refractivity contribution in [1.82, 2.24) is 15.1 Å². The number of hydrogen-bond donors (Lipinski definition) is 2. The topological polar surface area (TPSA) is 100 Å². The van der Waals surface area contributed by atoms with Crippen LogP contribution < -0.4 is 10.5 Å². The summed E-state index contributed by atoms with van der Waals surface area (Å²) in [5, 5.41) is 8.54. The fourth-order valence-electron chi connectivity index (χ4n) is 3.74. The molecule has 3 rings (SSSR count). The van der Waals surface area contributed by atoms with Gasteiger partial charge in [0.25, 0.3) is 0 Å². The highest BCUT2D eigenvalue weighted by Crippen LogP contribution is 2.17. The third kappa shape index (κ3) is 5.66. The molecule has 0 amide bonds. The second kappa shape index (κ2) is 9.69. The lowest BCUT2D eigenvalue weighted by Crippen LogP contribution is -2.46. The van der Waals surface area contributed by atoms with E-state index in [9.17, 15) is 8.42 Å². The molecule has 0 radical (unpaired) electrons. The number of primary sulfonamides is 1. The van der Waals surface area contributed by atoms with E-state index in [-0.39, 0.29) is 4.90 Å². The minimum atomic E-state index is -3.64. The quantitative estimate of drug-likeness (QED) is 0.516. The van der Waals surface area contributed by atoms with Crippen molar-refractivity contribution in [2.75, 3.05) is 52.5 Å². The van der Waals surface area contributed by atoms with Crippen molar-refractivity contribution in [3.8, 4) is 0 Å². The summed E-state index contributed by atoms with van der Waals surface area (Å²) in [4.78, 5) is 9.79. The van der Waals surface area contributed by atoms with Crippen LogP contribution in [-0.4, -0.2) is 82.7 Å². The predicted molar refractivity (Wildman–Crippen MR) is 110 cm³/mol. The highest BCUT2D eigenvalue weighted by molar-refractivity contribution is 7.89. The Morgan fingerprint density at radius 2 is 1.96 bits per heavy atom. The molecule has 0 bridgehead atoms. The third-order valence-corrected chi connectivity index (χ3v) is 6.20. The van der Waals surface area contributed by atoms with Crippen LogP contribution in [-0.2, 0) is 21.2 Å². The normalized spacial score (nSPS) is 21.9. The SMILES string of the molecule is CCNC(=NCCc1ccc(S(N)(=O)=O)cc1)N1CCC(N2CCOCC2)C1. The van der Waals surface area contributed by atoms with E-state index in [1.807, 2.05) is 0 Å². The van der Waals surface area contributed by atoms with Crippen molar-refractivity contribution in [1.29, 1.82) is 0 Å². The molecule has 0 aliphatic carbocycles. The van der Waals surface area contributed by atoms with E-state index in [0.717, 1.165) is 70.3 Å². The molecule has 1 aromatic carbocycles. The van der Waals surface area contributed by atoms with Gasteiger partial charge < -0.3 is 15.0 Å². The van der Waals surface area contributed by atoms with Gasteiger partial charge in [0.1, 0.15) is 0 Å². The average Bonchev–Trinajstić information content (AvgIpc) is 3.18. The summed E-state index contributed by atoms with van der Waals surface area (Å²) in [6.07, 6.45) is 1.90. The van der Waals surface area contributed by atoms with Crippen LogP contribution in [0.2, 0.25) is 0 Å². The molecule has 2 aliphatic rings. The van der Waals surface area contributed by atoms with Crippen LogP contribution in [0.15, 0.2) is 34.2 Å². The highest BCUT2D eigenvalue weighted by atomic mass is 32.2. The largest absolute Gasteiger partial charge is 0.379 e. The van der Waals surface area contributed by atoms with E-state index in [1.54, 1.807) is 24.3 Å². The number of nitrogens with two attached hydrogens (primary N) is 1. The molecule has 9 heteroatoms. The van der Waals surface area contributed by atoms with Crippen LogP contribution in [0.3, 0.4) is 0 Å². The second-order valence-electron chi connectivity index (χ2n) is 7.21. The monoisotopic (exact) mass is 409 g/mol. The number of nitrogens with one attached hydrogen (secondary N) is 1. The van der Waals surface area contributed by atoms with Crippen molar-refractivity contribution in [2.45, 2.75) is 30.7 Å². The van der Waals surface area contributed by atoms with Gasteiger partial charge in [0.05, 0.1) is 18.1 Å². The van der Waals surface area contributed by atoms with E-state index in [2.05, 4.69) is 22.0 Å². The highest BCUT2D eigenvalue weighted by Gasteiger charge is 2.30. The Balaban J connectivity index is 1.55. The summed E-state index contributed by atoms with van der Waals surface area (Å²) < 4.78 is 28.1. The first kappa shape index (κ1) is 21.0. The standard InChI is InChI=1S/C19H31N5O3S/c1-2-21-19(24-10-8-17(15-24)23-11-13-27-14-12-23)22-9-7-16-3-5-18(6-4-16)28(20,25)26/h3-6,17H,2,7-15H2,1H3,(H,21,22)(H2,20,25,26). The number of morpholine rings is 1. The summed E-state index contributed by atoms with van der Waals surface area (Å²) in [6, 6.07) is 7.26. The Kier molecular flexibility index (Phi) is 7.28. The number of guanidine groups is 1. The minimum absolute atomic E-state index is 0.138. The first-order valence-corrected chi connectivity index (χ1v) is 11.5. The van der Waals surface area contributed by atoms with Crippen molar-refractivity contribution in [2.24, 2.45) is 10.1 Å². The van der Waals surface area contributed by atoms with Crippen LogP contribution in [0, 0.1) is 0 Å². The summed E-state index contributed by atoms with van der Waals surface area (Å²) >= 11 is 0. The number of benzene rings is 1. The Morgan fingerprint density at radius 3 is 2.61 bits per heavy atom. The molecule has 156 valence electrons. The second-order valence-corrected chi connectivity index (χ2v) is 8.77. The van der Waals surface area contributed by atoms with Crippen LogP contribution >= 0.6 is 0 Å². The third-order valence-electron chi connectivity index (χ3n) is 5.27. The fourth-order valence-corrected chi connectivity index (χ4v) is 4.25. The molecular formula is C19H31N5O3S. The summed E-state index contributed by atoms with van der Waals surface area (Å²) in [5.41, 5.74) is 1.04. The Hall–Kier alpha value is -1.68. The fraction of sp³-hybridized carbons (Fsp3) is 0.632. The van der Waals surface area contributed by atoms with Gasteiger partial charge in [-0.05, 0) is 37.5 Å². The van der Waals surface area contributed by atoms with Gasteiger partial charge in [0.15, 0.2) is 5.96 Å². The van der Waals surface area contributed by atoms with Gasteiger partial charge in [-0.1, -0.05) is 12.1 Å². The smallest absolute Gasteiger partial charge is 0.238 e. The molecule has 8 nitrogen and oxygen atoms in total. The van der Waals surface area contributed by atoms with Crippen molar-refractivity contribution < 1.29 is 13.2 Å². The van der Waals surface area contributed by atoms with Gasteiger partial charge in [0.2, 0.25) is 10.0 Å². The maximum Gasteiger partial charge on any atom is 0.238 e. The number of ether oxygens (including phenoxy) is 1. The molecule has 28 heavy (non-hydrogen) atoms. The van der Waals surface area contributed by atoms with Crippen molar-refractivity contribution in [3.05, 3.63) is 29.8 Å². The minimum Gasteiger partial charge on any atom is -0.379 e. The number of aliphatic imine (C=N–C) groups is 1. The van der Waals surface area contributed by atoms with Gasteiger partial charge in [-0.25, -0.2) is 13.6 Å². The van der Waals surface area contributed by atoms with Gasteiger partial charge in [0, 0.05) is 45.3 Å². The van der Waals surface area contributed by atoms with Gasteiger partial charge in [-0.3, -0.25) is 9.89 Å². The maximum atomic E-state index is 11.3. The van der Waals surface area contributed by atoms with Gasteiger partial charge >= 0.3 is 0 Å². The van der Waals surface area contributed by atoms with Gasteiger partial charge in [-0.2, -0.15) is 0 Å². The van der Waals surface area contributed by atoms with E-state index in [4.69, 9.17) is 14.9 Å². The van der Waals surface area contributed by atoms with Crippen molar-refractivity contribution in [3.63, 3.8) is 0 Å². The molecule has 3 N–H and O–H groups in total. The van der Waals surface area contributed by atoms with E-state index in [0.29, 0.717) is 12.6 Å². The molecule has 1 atom stereocenters. The molecule has 2 aliphatic heterocycles. The Morgan fingerprint density at radius 1 is 1.25 bits per heavy atom.